The third-order valence-electron chi connectivity index (χ3n) is 5.06. The Kier molecular flexibility index (Phi) is 5.82. The standard InChI is InChI=1S/C20H23N5O4S2/c1-15-21-20(23-22-15)16-6-5-7-17(14-16)24-30(26,27)18-8-10-19(11-9-18)31(28,29)25-12-3-2-4-13-25/h5-11,14,24H,2-4,12-13H2,1H3,(H,21,22,23). The molecule has 0 spiro atoms. The maximum Gasteiger partial charge on any atom is 0.261 e. The SMILES string of the molecule is Cc1nc(-c2cccc(NS(=O)(=O)c3ccc(S(=O)(=O)N4CCCCC4)cc3)c2)n[nH]1. The molecule has 0 amide bonds. The minimum Gasteiger partial charge on any atom is -0.280 e. The van der Waals surface area contributed by atoms with Gasteiger partial charge in [-0.15, -0.1) is 0 Å². The second kappa shape index (κ2) is 8.40. The first-order valence-electron chi connectivity index (χ1n) is 9.88. The summed E-state index contributed by atoms with van der Waals surface area (Å²) in [7, 11) is -7.52. The van der Waals surface area contributed by atoms with Crippen LogP contribution in [0.1, 0.15) is 25.1 Å². The Balaban J connectivity index is 1.54. The van der Waals surface area contributed by atoms with E-state index in [1.807, 2.05) is 0 Å². The molecule has 164 valence electrons. The van der Waals surface area contributed by atoms with Crippen LogP contribution in [-0.4, -0.2) is 49.4 Å². The van der Waals surface area contributed by atoms with Crippen molar-refractivity contribution in [3.63, 3.8) is 0 Å². The Morgan fingerprint density at radius 3 is 2.26 bits per heavy atom. The number of rotatable bonds is 6. The third-order valence-corrected chi connectivity index (χ3v) is 8.37. The predicted molar refractivity (Wildman–Crippen MR) is 116 cm³/mol. The number of anilines is 1. The minimum absolute atomic E-state index is 0.0239. The van der Waals surface area contributed by atoms with E-state index in [1.54, 1.807) is 31.2 Å². The quantitative estimate of drug-likeness (QED) is 0.581. The van der Waals surface area contributed by atoms with Gasteiger partial charge >= 0.3 is 0 Å². The highest BCUT2D eigenvalue weighted by Gasteiger charge is 2.26. The van der Waals surface area contributed by atoms with Gasteiger partial charge in [-0.25, -0.2) is 21.8 Å². The van der Waals surface area contributed by atoms with Crippen molar-refractivity contribution < 1.29 is 16.8 Å². The summed E-state index contributed by atoms with van der Waals surface area (Å²) in [6.07, 6.45) is 2.69. The van der Waals surface area contributed by atoms with Gasteiger partial charge in [0, 0.05) is 24.3 Å². The zero-order chi connectivity index (χ0) is 22.1. The summed E-state index contributed by atoms with van der Waals surface area (Å²) in [5.41, 5.74) is 1.01. The van der Waals surface area contributed by atoms with Crippen LogP contribution < -0.4 is 4.72 Å². The number of nitrogens with zero attached hydrogens (tertiary/aromatic N) is 3. The zero-order valence-corrected chi connectivity index (χ0v) is 18.6. The van der Waals surface area contributed by atoms with Crippen LogP contribution in [0.15, 0.2) is 58.3 Å². The molecule has 1 fully saturated rings. The van der Waals surface area contributed by atoms with Gasteiger partial charge in [-0.1, -0.05) is 18.6 Å². The molecule has 0 bridgehead atoms. The van der Waals surface area contributed by atoms with Gasteiger partial charge in [0.2, 0.25) is 10.0 Å². The third kappa shape index (κ3) is 4.63. The van der Waals surface area contributed by atoms with E-state index < -0.39 is 20.0 Å². The van der Waals surface area contributed by atoms with E-state index in [9.17, 15) is 16.8 Å². The first kappa shape index (κ1) is 21.5. The van der Waals surface area contributed by atoms with E-state index in [-0.39, 0.29) is 9.79 Å². The van der Waals surface area contributed by atoms with Crippen LogP contribution in [0.2, 0.25) is 0 Å². The molecule has 0 saturated carbocycles. The fraction of sp³-hybridized carbons (Fsp3) is 0.300. The predicted octanol–water partition coefficient (Wildman–Crippen LogP) is 2.76. The van der Waals surface area contributed by atoms with E-state index in [0.29, 0.717) is 36.0 Å². The molecular weight excluding hydrogens is 438 g/mol. The number of hydrogen-bond acceptors (Lipinski definition) is 6. The van der Waals surface area contributed by atoms with Gasteiger partial charge < -0.3 is 0 Å². The van der Waals surface area contributed by atoms with Crippen LogP contribution in [0.5, 0.6) is 0 Å². The zero-order valence-electron chi connectivity index (χ0n) is 16.9. The molecule has 2 N–H and O–H groups in total. The van der Waals surface area contributed by atoms with Crippen molar-refractivity contribution in [2.24, 2.45) is 0 Å². The molecule has 2 aromatic carbocycles. The first-order chi connectivity index (χ1) is 14.8. The van der Waals surface area contributed by atoms with Gasteiger partial charge in [0.15, 0.2) is 5.82 Å². The van der Waals surface area contributed by atoms with Crippen molar-refractivity contribution in [2.45, 2.75) is 36.0 Å². The Bertz CT molecular complexity index is 1280. The summed E-state index contributed by atoms with van der Waals surface area (Å²) in [5, 5.41) is 6.83. The van der Waals surface area contributed by atoms with E-state index >= 15 is 0 Å². The number of piperidine rings is 1. The maximum absolute atomic E-state index is 12.8. The molecule has 0 radical (unpaired) electrons. The molecule has 0 atom stereocenters. The second-order valence-corrected chi connectivity index (χ2v) is 11.0. The Labute approximate surface area is 181 Å². The lowest BCUT2D eigenvalue weighted by Crippen LogP contribution is -2.35. The summed E-state index contributed by atoms with van der Waals surface area (Å²) in [6.45, 7) is 2.76. The van der Waals surface area contributed by atoms with Gasteiger partial charge in [-0.3, -0.25) is 9.82 Å². The Hall–Kier alpha value is -2.76. The second-order valence-electron chi connectivity index (χ2n) is 7.37. The fourth-order valence-electron chi connectivity index (χ4n) is 3.45. The molecule has 11 heteroatoms. The Morgan fingerprint density at radius 1 is 0.935 bits per heavy atom. The van der Waals surface area contributed by atoms with Crippen molar-refractivity contribution in [3.05, 3.63) is 54.4 Å². The highest BCUT2D eigenvalue weighted by molar-refractivity contribution is 7.92. The summed E-state index contributed by atoms with van der Waals surface area (Å²) in [4.78, 5) is 4.31. The van der Waals surface area contributed by atoms with Gasteiger partial charge in [0.05, 0.1) is 9.79 Å². The first-order valence-corrected chi connectivity index (χ1v) is 12.8. The summed E-state index contributed by atoms with van der Waals surface area (Å²) in [6, 6.07) is 12.0. The van der Waals surface area contributed by atoms with E-state index in [4.69, 9.17) is 0 Å². The molecule has 9 nitrogen and oxygen atoms in total. The average Bonchev–Trinajstić information content (AvgIpc) is 3.21. The molecule has 0 aliphatic carbocycles. The molecular formula is C20H23N5O4S2. The van der Waals surface area contributed by atoms with Gasteiger partial charge in [0.25, 0.3) is 10.0 Å². The highest BCUT2D eigenvalue weighted by atomic mass is 32.2. The highest BCUT2D eigenvalue weighted by Crippen LogP contribution is 2.24. The molecule has 31 heavy (non-hydrogen) atoms. The molecule has 1 saturated heterocycles. The number of aromatic amines is 1. The van der Waals surface area contributed by atoms with Gasteiger partial charge in [0.1, 0.15) is 5.82 Å². The van der Waals surface area contributed by atoms with Crippen LogP contribution in [0.3, 0.4) is 0 Å². The lowest BCUT2D eigenvalue weighted by molar-refractivity contribution is 0.346. The number of aryl methyl sites for hydroxylation is 1. The van der Waals surface area contributed by atoms with Crippen LogP contribution in [0.25, 0.3) is 11.4 Å². The van der Waals surface area contributed by atoms with Crippen molar-refractivity contribution in [2.75, 3.05) is 17.8 Å². The van der Waals surface area contributed by atoms with E-state index in [2.05, 4.69) is 19.9 Å². The topological polar surface area (TPSA) is 125 Å². The number of hydrogen-bond donors (Lipinski definition) is 2. The largest absolute Gasteiger partial charge is 0.280 e. The van der Waals surface area contributed by atoms with Crippen LogP contribution in [0, 0.1) is 6.92 Å². The normalized spacial score (nSPS) is 15.6. The van der Waals surface area contributed by atoms with Crippen LogP contribution in [0.4, 0.5) is 5.69 Å². The maximum atomic E-state index is 12.8. The van der Waals surface area contributed by atoms with Crippen molar-refractivity contribution in [1.82, 2.24) is 19.5 Å². The summed E-state index contributed by atoms with van der Waals surface area (Å²) < 4.78 is 55.1. The van der Waals surface area contributed by atoms with Crippen molar-refractivity contribution in [1.29, 1.82) is 0 Å². The molecule has 3 aromatic rings. The minimum atomic E-state index is -3.90. The number of nitrogens with one attached hydrogen (secondary N) is 2. The van der Waals surface area contributed by atoms with E-state index in [1.165, 1.54) is 28.6 Å². The van der Waals surface area contributed by atoms with Crippen molar-refractivity contribution >= 4 is 25.7 Å². The number of benzene rings is 2. The van der Waals surface area contributed by atoms with E-state index in [0.717, 1.165) is 19.3 Å². The number of sulfonamides is 2. The molecule has 2 heterocycles. The van der Waals surface area contributed by atoms with Crippen LogP contribution >= 0.6 is 0 Å². The lowest BCUT2D eigenvalue weighted by Gasteiger charge is -2.25. The fourth-order valence-corrected chi connectivity index (χ4v) is 6.02. The lowest BCUT2D eigenvalue weighted by atomic mass is 10.2. The number of aromatic nitrogens is 3. The molecule has 1 aliphatic heterocycles. The summed E-state index contributed by atoms with van der Waals surface area (Å²) in [5.74, 6) is 1.12. The summed E-state index contributed by atoms with van der Waals surface area (Å²) >= 11 is 0. The molecule has 4 rings (SSSR count). The average molecular weight is 462 g/mol. The molecule has 0 unspecified atom stereocenters. The van der Waals surface area contributed by atoms with Gasteiger partial charge in [-0.2, -0.15) is 9.40 Å². The molecule has 1 aromatic heterocycles. The van der Waals surface area contributed by atoms with Crippen LogP contribution in [-0.2, 0) is 20.0 Å². The molecule has 1 aliphatic rings. The number of H-pyrrole nitrogens is 1. The smallest absolute Gasteiger partial charge is 0.261 e. The monoisotopic (exact) mass is 461 g/mol. The van der Waals surface area contributed by atoms with Crippen molar-refractivity contribution in [3.8, 4) is 11.4 Å². The Morgan fingerprint density at radius 2 is 1.61 bits per heavy atom. The van der Waals surface area contributed by atoms with Gasteiger partial charge in [-0.05, 0) is 56.2 Å².